The first-order valence-corrected chi connectivity index (χ1v) is 10.6. The number of para-hydroxylation sites is 1. The molecule has 2 aliphatic rings. The molecule has 2 heterocycles. The van der Waals surface area contributed by atoms with Gasteiger partial charge in [-0.15, -0.1) is 0 Å². The summed E-state index contributed by atoms with van der Waals surface area (Å²) in [4.78, 5) is 18.7. The van der Waals surface area contributed by atoms with Crippen LogP contribution in [0.1, 0.15) is 26.3 Å². The molecule has 130 valence electrons. The van der Waals surface area contributed by atoms with E-state index in [1.807, 2.05) is 56.9 Å². The van der Waals surface area contributed by atoms with Crippen molar-refractivity contribution in [1.29, 1.82) is 0 Å². The normalized spacial score (nSPS) is 27.5. The van der Waals surface area contributed by atoms with Gasteiger partial charge in [-0.25, -0.2) is 8.42 Å². The first kappa shape index (κ1) is 17.5. The predicted octanol–water partition coefficient (Wildman–Crippen LogP) is 2.64. The largest absolute Gasteiger partial charge is 0.315 e. The van der Waals surface area contributed by atoms with Crippen LogP contribution in [0.15, 0.2) is 29.3 Å². The monoisotopic (exact) mass is 366 g/mol. The average Bonchev–Trinajstić information content (AvgIpc) is 2.90. The van der Waals surface area contributed by atoms with Gasteiger partial charge in [-0.1, -0.05) is 50.7 Å². The van der Waals surface area contributed by atoms with Gasteiger partial charge in [0.15, 0.2) is 15.0 Å². The lowest BCUT2D eigenvalue weighted by molar-refractivity contribution is -0.124. The van der Waals surface area contributed by atoms with Crippen molar-refractivity contribution < 1.29 is 13.2 Å². The number of rotatable bonds is 1. The van der Waals surface area contributed by atoms with Crippen LogP contribution in [0.4, 0.5) is 5.69 Å². The van der Waals surface area contributed by atoms with Crippen molar-refractivity contribution >= 4 is 38.4 Å². The van der Waals surface area contributed by atoms with Crippen molar-refractivity contribution in [3.8, 4) is 0 Å². The highest BCUT2D eigenvalue weighted by molar-refractivity contribution is 8.16. The number of carbonyl (C=O) groups excluding carboxylic acids is 1. The Hall–Kier alpha value is -1.34. The molecule has 5 nitrogen and oxygen atoms in total. The van der Waals surface area contributed by atoms with Gasteiger partial charge in [0.25, 0.3) is 5.91 Å². The summed E-state index contributed by atoms with van der Waals surface area (Å²) in [5.41, 5.74) is 1.41. The van der Waals surface area contributed by atoms with E-state index < -0.39 is 15.3 Å². The number of amides is 1. The van der Waals surface area contributed by atoms with E-state index in [1.54, 1.807) is 0 Å². The molecule has 0 unspecified atom stereocenters. The fraction of sp³-hybridized carbons (Fsp3) is 0.529. The van der Waals surface area contributed by atoms with Crippen LogP contribution in [0.25, 0.3) is 0 Å². The second-order valence-electron chi connectivity index (χ2n) is 7.41. The molecule has 3 rings (SSSR count). The molecule has 1 aromatic rings. The number of thioether (sulfide) groups is 1. The topological polar surface area (TPSA) is 66.8 Å². The zero-order valence-electron chi connectivity index (χ0n) is 14.3. The molecule has 7 heteroatoms. The Kier molecular flexibility index (Phi) is 4.28. The summed E-state index contributed by atoms with van der Waals surface area (Å²) in [7, 11) is -3.04. The Balaban J connectivity index is 2.05. The molecule has 2 atom stereocenters. The first-order valence-electron chi connectivity index (χ1n) is 7.93. The Bertz CT molecular complexity index is 809. The zero-order chi connectivity index (χ0) is 17.7. The summed E-state index contributed by atoms with van der Waals surface area (Å²) in [5, 5.41) is 0.551. The summed E-state index contributed by atoms with van der Waals surface area (Å²) in [6.45, 7) is 7.49. The molecule has 0 saturated carbocycles. The van der Waals surface area contributed by atoms with Gasteiger partial charge in [0.05, 0.1) is 17.5 Å². The molecule has 0 aliphatic carbocycles. The molecular weight excluding hydrogens is 344 g/mol. The van der Waals surface area contributed by atoms with Gasteiger partial charge in [0.2, 0.25) is 0 Å². The number of hydrogen-bond acceptors (Lipinski definition) is 4. The lowest BCUT2D eigenvalue weighted by Gasteiger charge is -2.26. The lowest BCUT2D eigenvalue weighted by atomic mass is 9.96. The summed E-state index contributed by atoms with van der Waals surface area (Å²) in [6.07, 6.45) is 0. The minimum Gasteiger partial charge on any atom is -0.315 e. The maximum Gasteiger partial charge on any atom is 0.253 e. The third kappa shape index (κ3) is 3.24. The van der Waals surface area contributed by atoms with Crippen molar-refractivity contribution in [2.45, 2.75) is 39.0 Å². The summed E-state index contributed by atoms with van der Waals surface area (Å²) < 4.78 is 24.1. The standard InChI is InChI=1S/C17H22N2O3S2/c1-11-7-5-6-8-12(11)19-13-9-24(21,22)10-14(13)23-16(19)18-15(20)17(2,3)4/h5-8,13-14H,9-10H2,1-4H3/t13-,14-/m1/s1. The number of fused-ring (bicyclic) bond motifs is 1. The summed E-state index contributed by atoms with van der Waals surface area (Å²) in [6, 6.07) is 7.66. The molecular formula is C17H22N2O3S2. The number of carbonyl (C=O) groups is 1. The number of benzene rings is 1. The van der Waals surface area contributed by atoms with Crippen LogP contribution in [-0.4, -0.2) is 42.3 Å². The molecule has 1 aromatic carbocycles. The van der Waals surface area contributed by atoms with E-state index in [9.17, 15) is 13.2 Å². The molecule has 2 saturated heterocycles. The van der Waals surface area contributed by atoms with Crippen LogP contribution >= 0.6 is 11.8 Å². The molecule has 0 aromatic heterocycles. The van der Waals surface area contributed by atoms with E-state index in [1.165, 1.54) is 11.8 Å². The third-order valence-corrected chi connectivity index (χ3v) is 7.49. The Morgan fingerprint density at radius 2 is 1.92 bits per heavy atom. The SMILES string of the molecule is Cc1ccccc1N1C(=NC(=O)C(C)(C)C)S[C@@H]2CS(=O)(=O)C[C@H]21. The summed E-state index contributed by atoms with van der Waals surface area (Å²) >= 11 is 1.42. The molecule has 1 amide bonds. The number of anilines is 1. The van der Waals surface area contributed by atoms with Crippen molar-refractivity contribution in [2.75, 3.05) is 16.4 Å². The maximum atomic E-state index is 12.4. The smallest absolute Gasteiger partial charge is 0.253 e. The van der Waals surface area contributed by atoms with Gasteiger partial charge < -0.3 is 4.90 Å². The molecule has 2 aliphatic heterocycles. The fourth-order valence-corrected chi connectivity index (χ4v) is 6.84. The van der Waals surface area contributed by atoms with Crippen LogP contribution in [0, 0.1) is 12.3 Å². The molecule has 2 fully saturated rings. The molecule has 0 spiro atoms. The van der Waals surface area contributed by atoms with Gasteiger partial charge in [-0.3, -0.25) is 4.79 Å². The van der Waals surface area contributed by atoms with E-state index in [0.717, 1.165) is 11.3 Å². The van der Waals surface area contributed by atoms with Crippen molar-refractivity contribution in [3.63, 3.8) is 0 Å². The predicted molar refractivity (Wildman–Crippen MR) is 99.4 cm³/mol. The Labute approximate surface area is 147 Å². The Morgan fingerprint density at radius 1 is 1.25 bits per heavy atom. The fourth-order valence-electron chi connectivity index (χ4n) is 2.93. The quantitative estimate of drug-likeness (QED) is 0.764. The minimum atomic E-state index is -3.04. The zero-order valence-corrected chi connectivity index (χ0v) is 15.9. The first-order chi connectivity index (χ1) is 11.1. The van der Waals surface area contributed by atoms with Gasteiger partial charge in [0, 0.05) is 16.4 Å². The van der Waals surface area contributed by atoms with E-state index in [-0.39, 0.29) is 28.7 Å². The third-order valence-electron chi connectivity index (χ3n) is 4.28. The summed E-state index contributed by atoms with van der Waals surface area (Å²) in [5.74, 6) is 0.0706. The van der Waals surface area contributed by atoms with Crippen LogP contribution in [0.5, 0.6) is 0 Å². The van der Waals surface area contributed by atoms with Crippen molar-refractivity contribution in [3.05, 3.63) is 29.8 Å². The van der Waals surface area contributed by atoms with Gasteiger partial charge in [0.1, 0.15) is 0 Å². The minimum absolute atomic E-state index is 0.0684. The molecule has 0 N–H and O–H groups in total. The van der Waals surface area contributed by atoms with E-state index >= 15 is 0 Å². The Morgan fingerprint density at radius 3 is 2.54 bits per heavy atom. The number of amidine groups is 1. The van der Waals surface area contributed by atoms with E-state index in [2.05, 4.69) is 4.99 Å². The average molecular weight is 367 g/mol. The highest BCUT2D eigenvalue weighted by Gasteiger charge is 2.49. The van der Waals surface area contributed by atoms with Crippen molar-refractivity contribution in [1.82, 2.24) is 0 Å². The molecule has 0 radical (unpaired) electrons. The van der Waals surface area contributed by atoms with Gasteiger partial charge in [-0.05, 0) is 18.6 Å². The number of sulfone groups is 1. The van der Waals surface area contributed by atoms with Crippen LogP contribution < -0.4 is 4.90 Å². The second-order valence-corrected chi connectivity index (χ2v) is 10.8. The number of aliphatic imine (C=N–C) groups is 1. The number of aryl methyl sites for hydroxylation is 1. The van der Waals surface area contributed by atoms with Crippen LogP contribution in [-0.2, 0) is 14.6 Å². The highest BCUT2D eigenvalue weighted by atomic mass is 32.2. The second kappa shape index (κ2) is 5.88. The van der Waals surface area contributed by atoms with Crippen LogP contribution in [0.3, 0.4) is 0 Å². The van der Waals surface area contributed by atoms with Crippen LogP contribution in [0.2, 0.25) is 0 Å². The van der Waals surface area contributed by atoms with Gasteiger partial charge in [-0.2, -0.15) is 4.99 Å². The highest BCUT2D eigenvalue weighted by Crippen LogP contribution is 2.42. The maximum absolute atomic E-state index is 12.4. The van der Waals surface area contributed by atoms with E-state index in [4.69, 9.17) is 0 Å². The number of hydrogen-bond donors (Lipinski definition) is 0. The number of nitrogens with zero attached hydrogens (tertiary/aromatic N) is 2. The van der Waals surface area contributed by atoms with Gasteiger partial charge >= 0.3 is 0 Å². The van der Waals surface area contributed by atoms with Crippen molar-refractivity contribution in [2.24, 2.45) is 10.4 Å². The molecule has 0 bridgehead atoms. The molecule has 24 heavy (non-hydrogen) atoms. The van der Waals surface area contributed by atoms with E-state index in [0.29, 0.717) is 5.17 Å². The lowest BCUT2D eigenvalue weighted by Crippen LogP contribution is -2.38.